The topological polar surface area (TPSA) is 15.3 Å². The Kier molecular flexibility index (Phi) is 8.07. The molecule has 0 amide bonds. The van der Waals surface area contributed by atoms with Crippen molar-refractivity contribution in [2.24, 2.45) is 0 Å². The van der Waals surface area contributed by atoms with Crippen molar-refractivity contribution in [2.45, 2.75) is 72.5 Å². The molecule has 1 N–H and O–H groups in total. The molecule has 2 heteroatoms. The zero-order valence-electron chi connectivity index (χ0n) is 11.5. The van der Waals surface area contributed by atoms with Crippen LogP contribution in [0.2, 0.25) is 0 Å². The van der Waals surface area contributed by atoms with Crippen LogP contribution in [0.15, 0.2) is 0 Å². The second-order valence-electron chi connectivity index (χ2n) is 4.96. The molecule has 0 aliphatic carbocycles. The Labute approximate surface area is 96.4 Å². The first-order valence-corrected chi connectivity index (χ1v) is 6.51. The molecule has 0 saturated heterocycles. The van der Waals surface area contributed by atoms with Gasteiger partial charge in [0.2, 0.25) is 0 Å². The van der Waals surface area contributed by atoms with Crippen LogP contribution in [0.25, 0.3) is 0 Å². The van der Waals surface area contributed by atoms with E-state index in [1.54, 1.807) is 0 Å². The van der Waals surface area contributed by atoms with Crippen LogP contribution in [0.4, 0.5) is 0 Å². The van der Waals surface area contributed by atoms with Crippen molar-refractivity contribution in [3.05, 3.63) is 0 Å². The van der Waals surface area contributed by atoms with Crippen LogP contribution in [0.1, 0.15) is 54.4 Å². The first kappa shape index (κ1) is 14.9. The first-order chi connectivity index (χ1) is 7.02. The van der Waals surface area contributed by atoms with Gasteiger partial charge in [0.1, 0.15) is 0 Å². The summed E-state index contributed by atoms with van der Waals surface area (Å²) in [4.78, 5) is 2.62. The summed E-state index contributed by atoms with van der Waals surface area (Å²) in [6, 6.07) is 1.94. The van der Waals surface area contributed by atoms with Gasteiger partial charge in [0.05, 0.1) is 0 Å². The van der Waals surface area contributed by atoms with Crippen LogP contribution in [-0.2, 0) is 0 Å². The average Bonchev–Trinajstić information content (AvgIpc) is 2.16. The fourth-order valence-electron chi connectivity index (χ4n) is 1.99. The van der Waals surface area contributed by atoms with E-state index in [9.17, 15) is 0 Å². The SMILES string of the molecule is CCCN(C(C)C)C(CC)CNC(C)C. The second-order valence-corrected chi connectivity index (χ2v) is 4.96. The molecule has 0 aromatic carbocycles. The Balaban J connectivity index is 4.18. The van der Waals surface area contributed by atoms with Gasteiger partial charge < -0.3 is 5.32 Å². The minimum Gasteiger partial charge on any atom is -0.313 e. The molecule has 15 heavy (non-hydrogen) atoms. The van der Waals surface area contributed by atoms with Crippen molar-refractivity contribution in [2.75, 3.05) is 13.1 Å². The molecule has 0 aromatic heterocycles. The van der Waals surface area contributed by atoms with Crippen molar-refractivity contribution >= 4 is 0 Å². The van der Waals surface area contributed by atoms with Gasteiger partial charge in [-0.2, -0.15) is 0 Å². The molecule has 0 fully saturated rings. The summed E-state index contributed by atoms with van der Waals surface area (Å²) in [5.74, 6) is 0. The molecule has 0 heterocycles. The van der Waals surface area contributed by atoms with E-state index in [1.165, 1.54) is 19.4 Å². The lowest BCUT2D eigenvalue weighted by Gasteiger charge is -2.35. The normalized spacial score (nSPS) is 14.2. The highest BCUT2D eigenvalue weighted by Crippen LogP contribution is 2.09. The van der Waals surface area contributed by atoms with Gasteiger partial charge in [0.15, 0.2) is 0 Å². The van der Waals surface area contributed by atoms with E-state index in [0.29, 0.717) is 18.1 Å². The molecule has 0 radical (unpaired) electrons. The lowest BCUT2D eigenvalue weighted by atomic mass is 10.1. The van der Waals surface area contributed by atoms with Gasteiger partial charge in [-0.05, 0) is 33.2 Å². The van der Waals surface area contributed by atoms with Crippen molar-refractivity contribution in [3.63, 3.8) is 0 Å². The average molecular weight is 214 g/mol. The molecule has 0 aliphatic rings. The van der Waals surface area contributed by atoms with Gasteiger partial charge in [-0.15, -0.1) is 0 Å². The van der Waals surface area contributed by atoms with Gasteiger partial charge in [0, 0.05) is 24.7 Å². The maximum atomic E-state index is 3.55. The predicted molar refractivity (Wildman–Crippen MR) is 69.4 cm³/mol. The minimum atomic E-state index is 0.592. The summed E-state index contributed by atoms with van der Waals surface area (Å²) in [5, 5.41) is 3.55. The van der Waals surface area contributed by atoms with Crippen molar-refractivity contribution < 1.29 is 0 Å². The monoisotopic (exact) mass is 214 g/mol. The Bertz CT molecular complexity index is 143. The highest BCUT2D eigenvalue weighted by atomic mass is 15.2. The first-order valence-electron chi connectivity index (χ1n) is 6.51. The summed E-state index contributed by atoms with van der Waals surface area (Å²) >= 11 is 0. The Morgan fingerprint density at radius 2 is 1.67 bits per heavy atom. The predicted octanol–water partition coefficient (Wildman–Crippen LogP) is 2.88. The Morgan fingerprint density at radius 3 is 2.00 bits per heavy atom. The lowest BCUT2D eigenvalue weighted by molar-refractivity contribution is 0.144. The van der Waals surface area contributed by atoms with Crippen LogP contribution >= 0.6 is 0 Å². The van der Waals surface area contributed by atoms with E-state index in [2.05, 4.69) is 51.8 Å². The lowest BCUT2D eigenvalue weighted by Crippen LogP contribution is -2.47. The van der Waals surface area contributed by atoms with Crippen LogP contribution in [0.3, 0.4) is 0 Å². The fourth-order valence-corrected chi connectivity index (χ4v) is 1.99. The van der Waals surface area contributed by atoms with E-state index in [-0.39, 0.29) is 0 Å². The molecular weight excluding hydrogens is 184 g/mol. The van der Waals surface area contributed by atoms with E-state index < -0.39 is 0 Å². The summed E-state index contributed by atoms with van der Waals surface area (Å²) in [6.45, 7) is 15.9. The Hall–Kier alpha value is -0.0800. The molecule has 0 rings (SSSR count). The van der Waals surface area contributed by atoms with Crippen molar-refractivity contribution in [3.8, 4) is 0 Å². The summed E-state index contributed by atoms with van der Waals surface area (Å²) in [5.41, 5.74) is 0. The maximum absolute atomic E-state index is 3.55. The zero-order valence-corrected chi connectivity index (χ0v) is 11.5. The summed E-state index contributed by atoms with van der Waals surface area (Å²) in [6.07, 6.45) is 2.48. The number of hydrogen-bond acceptors (Lipinski definition) is 2. The molecule has 0 aliphatic heterocycles. The number of nitrogens with one attached hydrogen (secondary N) is 1. The highest BCUT2D eigenvalue weighted by Gasteiger charge is 2.18. The third-order valence-corrected chi connectivity index (χ3v) is 2.85. The highest BCUT2D eigenvalue weighted by molar-refractivity contribution is 4.76. The largest absolute Gasteiger partial charge is 0.313 e. The van der Waals surface area contributed by atoms with Gasteiger partial charge in [0.25, 0.3) is 0 Å². The number of hydrogen-bond donors (Lipinski definition) is 1. The maximum Gasteiger partial charge on any atom is 0.0220 e. The van der Waals surface area contributed by atoms with Gasteiger partial charge in [-0.1, -0.05) is 27.7 Å². The molecule has 2 nitrogen and oxygen atoms in total. The molecule has 0 spiro atoms. The van der Waals surface area contributed by atoms with Gasteiger partial charge in [-0.25, -0.2) is 0 Å². The molecule has 0 aromatic rings. The third-order valence-electron chi connectivity index (χ3n) is 2.85. The van der Waals surface area contributed by atoms with Gasteiger partial charge in [-0.3, -0.25) is 4.90 Å². The molecule has 1 atom stereocenters. The smallest absolute Gasteiger partial charge is 0.0220 e. The molecule has 1 unspecified atom stereocenters. The Morgan fingerprint density at radius 1 is 1.07 bits per heavy atom. The molecule has 0 bridgehead atoms. The van der Waals surface area contributed by atoms with Crippen LogP contribution in [0, 0.1) is 0 Å². The van der Waals surface area contributed by atoms with Crippen LogP contribution in [-0.4, -0.2) is 36.1 Å². The van der Waals surface area contributed by atoms with E-state index >= 15 is 0 Å². The van der Waals surface area contributed by atoms with Crippen molar-refractivity contribution in [1.29, 1.82) is 0 Å². The molecule has 92 valence electrons. The number of nitrogens with zero attached hydrogens (tertiary/aromatic N) is 1. The summed E-state index contributed by atoms with van der Waals surface area (Å²) in [7, 11) is 0. The van der Waals surface area contributed by atoms with Crippen LogP contribution in [0.5, 0.6) is 0 Å². The standard InChI is InChI=1S/C13H30N2/c1-7-9-15(12(5)6)13(8-2)10-14-11(3)4/h11-14H,7-10H2,1-6H3. The number of rotatable bonds is 8. The van der Waals surface area contributed by atoms with E-state index in [1.807, 2.05) is 0 Å². The van der Waals surface area contributed by atoms with Crippen molar-refractivity contribution in [1.82, 2.24) is 10.2 Å². The van der Waals surface area contributed by atoms with Gasteiger partial charge >= 0.3 is 0 Å². The second kappa shape index (κ2) is 8.12. The summed E-state index contributed by atoms with van der Waals surface area (Å²) < 4.78 is 0. The fraction of sp³-hybridized carbons (Fsp3) is 1.00. The quantitative estimate of drug-likeness (QED) is 0.668. The van der Waals surface area contributed by atoms with E-state index in [4.69, 9.17) is 0 Å². The zero-order chi connectivity index (χ0) is 11.8. The molecular formula is C13H30N2. The molecule has 0 saturated carbocycles. The minimum absolute atomic E-state index is 0.592. The third kappa shape index (κ3) is 6.16. The van der Waals surface area contributed by atoms with E-state index in [0.717, 1.165) is 6.54 Å². The van der Waals surface area contributed by atoms with Crippen LogP contribution < -0.4 is 5.32 Å².